The third-order valence-electron chi connectivity index (χ3n) is 3.07. The fourth-order valence-electron chi connectivity index (χ4n) is 2.05. The van der Waals surface area contributed by atoms with Gasteiger partial charge in [0.05, 0.1) is 11.4 Å². The number of nitrogens with one attached hydrogen (secondary N) is 1. The van der Waals surface area contributed by atoms with Gasteiger partial charge in [-0.05, 0) is 33.8 Å². The molecule has 1 N–H and O–H groups in total. The van der Waals surface area contributed by atoms with Crippen LogP contribution in [0.3, 0.4) is 0 Å². The molecule has 3 aromatic heterocycles. The molecule has 0 unspecified atom stereocenters. The van der Waals surface area contributed by atoms with E-state index in [9.17, 15) is 0 Å². The molecule has 0 aromatic carbocycles. The topological polar surface area (TPSA) is 47.1 Å². The van der Waals surface area contributed by atoms with E-state index in [1.807, 2.05) is 23.9 Å². The molecule has 3 rings (SSSR count). The third-order valence-corrected chi connectivity index (χ3v) is 3.82. The lowest BCUT2D eigenvalue weighted by Crippen LogP contribution is -2.35. The monoisotopic (exact) mass is 289 g/mol. The highest BCUT2D eigenvalue weighted by Gasteiger charge is 2.17. The smallest absolute Gasteiger partial charge is 0.196 e. The van der Waals surface area contributed by atoms with E-state index in [4.69, 9.17) is 4.98 Å². The first-order valence-corrected chi connectivity index (χ1v) is 7.54. The first kappa shape index (κ1) is 13.3. The van der Waals surface area contributed by atoms with Crippen LogP contribution in [0.15, 0.2) is 23.8 Å². The van der Waals surface area contributed by atoms with Gasteiger partial charge in [-0.2, -0.15) is 10.1 Å². The molecule has 0 saturated heterocycles. The van der Waals surface area contributed by atoms with Crippen molar-refractivity contribution in [3.63, 3.8) is 0 Å². The Balaban J connectivity index is 2.04. The summed E-state index contributed by atoms with van der Waals surface area (Å²) in [5, 5.41) is 10.1. The Kier molecular flexibility index (Phi) is 3.14. The normalized spacial score (nSPS) is 12.4. The molecule has 0 aliphatic carbocycles. The molecule has 0 bridgehead atoms. The van der Waals surface area contributed by atoms with Crippen LogP contribution in [0.5, 0.6) is 0 Å². The van der Waals surface area contributed by atoms with Gasteiger partial charge in [0.25, 0.3) is 0 Å². The summed E-state index contributed by atoms with van der Waals surface area (Å²) >= 11 is 1.64. The molecule has 0 saturated carbocycles. The van der Waals surface area contributed by atoms with Gasteiger partial charge in [0.1, 0.15) is 0 Å². The number of imidazole rings is 1. The molecule has 5 nitrogen and oxygen atoms in total. The summed E-state index contributed by atoms with van der Waals surface area (Å²) in [6.07, 6.45) is 4.02. The van der Waals surface area contributed by atoms with E-state index >= 15 is 0 Å². The first-order chi connectivity index (χ1) is 9.44. The molecule has 0 fully saturated rings. The highest BCUT2D eigenvalue weighted by Crippen LogP contribution is 2.21. The van der Waals surface area contributed by atoms with Gasteiger partial charge in [-0.1, -0.05) is 0 Å². The molecule has 0 aliphatic rings. The molecular formula is C14H19N5S. The minimum absolute atomic E-state index is 0.0669. The molecular weight excluding hydrogens is 270 g/mol. The van der Waals surface area contributed by atoms with Crippen molar-refractivity contribution in [2.75, 3.05) is 0 Å². The van der Waals surface area contributed by atoms with Crippen molar-refractivity contribution in [1.82, 2.24) is 24.5 Å². The van der Waals surface area contributed by atoms with Gasteiger partial charge in [0.2, 0.25) is 0 Å². The molecule has 0 atom stereocenters. The zero-order valence-corrected chi connectivity index (χ0v) is 13.0. The average Bonchev–Trinajstić information content (AvgIpc) is 2.99. The minimum atomic E-state index is 0.0669. The maximum atomic E-state index is 4.70. The Labute approximate surface area is 122 Å². The van der Waals surface area contributed by atoms with Gasteiger partial charge in [0, 0.05) is 29.9 Å². The summed E-state index contributed by atoms with van der Waals surface area (Å²) < 4.78 is 3.99. The highest BCUT2D eigenvalue weighted by molar-refractivity contribution is 7.15. The van der Waals surface area contributed by atoms with Crippen molar-refractivity contribution in [3.8, 4) is 5.82 Å². The Hall–Kier alpha value is -1.66. The molecule has 3 aromatic rings. The van der Waals surface area contributed by atoms with E-state index in [2.05, 4.69) is 47.2 Å². The Morgan fingerprint density at radius 1 is 1.30 bits per heavy atom. The van der Waals surface area contributed by atoms with Crippen molar-refractivity contribution >= 4 is 16.3 Å². The zero-order valence-electron chi connectivity index (χ0n) is 12.2. The summed E-state index contributed by atoms with van der Waals surface area (Å²) in [5.41, 5.74) is 2.20. The fourth-order valence-corrected chi connectivity index (χ4v) is 2.78. The van der Waals surface area contributed by atoms with Gasteiger partial charge >= 0.3 is 0 Å². The summed E-state index contributed by atoms with van der Waals surface area (Å²) in [6, 6.07) is 1.99. The van der Waals surface area contributed by atoms with E-state index in [1.54, 1.807) is 11.3 Å². The SMILES string of the molecule is Cc1ccn(-c2nc3sccn3c2CNC(C)(C)C)n1. The second-order valence-corrected chi connectivity index (χ2v) is 6.82. The van der Waals surface area contributed by atoms with Crippen LogP contribution in [0.1, 0.15) is 32.2 Å². The van der Waals surface area contributed by atoms with E-state index in [0.717, 1.165) is 28.7 Å². The van der Waals surface area contributed by atoms with Gasteiger partial charge in [-0.25, -0.2) is 4.68 Å². The Morgan fingerprint density at radius 2 is 2.10 bits per heavy atom. The van der Waals surface area contributed by atoms with Gasteiger partial charge in [0.15, 0.2) is 10.8 Å². The number of nitrogens with zero attached hydrogens (tertiary/aromatic N) is 4. The predicted molar refractivity (Wildman–Crippen MR) is 81.5 cm³/mol. The van der Waals surface area contributed by atoms with Crippen LogP contribution in [0.2, 0.25) is 0 Å². The Bertz CT molecular complexity index is 728. The van der Waals surface area contributed by atoms with Crippen LogP contribution >= 0.6 is 11.3 Å². The van der Waals surface area contributed by atoms with E-state index < -0.39 is 0 Å². The van der Waals surface area contributed by atoms with Crippen LogP contribution in [0.4, 0.5) is 0 Å². The highest BCUT2D eigenvalue weighted by atomic mass is 32.1. The number of fused-ring (bicyclic) bond motifs is 1. The van der Waals surface area contributed by atoms with Crippen molar-refractivity contribution in [1.29, 1.82) is 0 Å². The average molecular weight is 289 g/mol. The lowest BCUT2D eigenvalue weighted by Gasteiger charge is -2.20. The first-order valence-electron chi connectivity index (χ1n) is 6.66. The molecule has 0 aliphatic heterocycles. The van der Waals surface area contributed by atoms with Gasteiger partial charge < -0.3 is 5.32 Å². The fraction of sp³-hybridized carbons (Fsp3) is 0.429. The summed E-state index contributed by atoms with van der Waals surface area (Å²) in [4.78, 5) is 5.70. The number of thiazole rings is 1. The number of hydrogen-bond donors (Lipinski definition) is 1. The van der Waals surface area contributed by atoms with Crippen LogP contribution in [-0.4, -0.2) is 24.7 Å². The van der Waals surface area contributed by atoms with Crippen LogP contribution in [0.25, 0.3) is 10.8 Å². The van der Waals surface area contributed by atoms with Crippen molar-refractivity contribution < 1.29 is 0 Å². The van der Waals surface area contributed by atoms with Crippen molar-refractivity contribution in [3.05, 3.63) is 35.2 Å². The van der Waals surface area contributed by atoms with Crippen LogP contribution < -0.4 is 5.32 Å². The lowest BCUT2D eigenvalue weighted by molar-refractivity contribution is 0.420. The summed E-state index contributed by atoms with van der Waals surface area (Å²) in [6.45, 7) is 9.24. The van der Waals surface area contributed by atoms with Crippen LogP contribution in [-0.2, 0) is 6.54 Å². The largest absolute Gasteiger partial charge is 0.306 e. The van der Waals surface area contributed by atoms with E-state index in [-0.39, 0.29) is 5.54 Å². The zero-order chi connectivity index (χ0) is 14.3. The Morgan fingerprint density at radius 3 is 2.75 bits per heavy atom. The molecule has 0 radical (unpaired) electrons. The van der Waals surface area contributed by atoms with Gasteiger partial charge in [-0.15, -0.1) is 11.3 Å². The molecule has 20 heavy (non-hydrogen) atoms. The molecule has 106 valence electrons. The predicted octanol–water partition coefficient (Wildman–Crippen LogP) is 2.78. The van der Waals surface area contributed by atoms with E-state index in [1.165, 1.54) is 0 Å². The number of aromatic nitrogens is 4. The summed E-state index contributed by atoms with van der Waals surface area (Å²) in [7, 11) is 0. The van der Waals surface area contributed by atoms with Crippen molar-refractivity contribution in [2.45, 2.75) is 39.8 Å². The second-order valence-electron chi connectivity index (χ2n) is 5.94. The second kappa shape index (κ2) is 4.71. The summed E-state index contributed by atoms with van der Waals surface area (Å²) in [5.74, 6) is 0.904. The van der Waals surface area contributed by atoms with Gasteiger partial charge in [-0.3, -0.25) is 4.40 Å². The molecule has 0 spiro atoms. The third kappa shape index (κ3) is 2.48. The molecule has 0 amide bonds. The minimum Gasteiger partial charge on any atom is -0.306 e. The lowest BCUT2D eigenvalue weighted by atomic mass is 10.1. The number of aryl methyl sites for hydroxylation is 1. The quantitative estimate of drug-likeness (QED) is 0.806. The van der Waals surface area contributed by atoms with Crippen LogP contribution in [0, 0.1) is 6.92 Å². The number of hydrogen-bond acceptors (Lipinski definition) is 4. The molecule has 6 heteroatoms. The number of rotatable bonds is 3. The standard InChI is InChI=1S/C14H19N5S/c1-10-5-6-19(17-10)12-11(9-15-14(2,3)4)18-7-8-20-13(18)16-12/h5-8,15H,9H2,1-4H3. The van der Waals surface area contributed by atoms with E-state index in [0.29, 0.717) is 0 Å². The maximum absolute atomic E-state index is 4.70. The van der Waals surface area contributed by atoms with Crippen molar-refractivity contribution in [2.24, 2.45) is 0 Å². The molecule has 3 heterocycles. The maximum Gasteiger partial charge on any atom is 0.196 e.